The van der Waals surface area contributed by atoms with E-state index in [2.05, 4.69) is 68.7 Å². The Kier molecular flexibility index (Phi) is 10.1. The van der Waals surface area contributed by atoms with Gasteiger partial charge in [-0.25, -0.2) is 0 Å². The fraction of sp³-hybridized carbons (Fsp3) is 0.600. The summed E-state index contributed by atoms with van der Waals surface area (Å²) in [5.74, 6) is 1.73. The number of methoxy groups -OCH3 is 1. The van der Waals surface area contributed by atoms with Gasteiger partial charge in [0.1, 0.15) is 18.1 Å². The number of hydrogen-bond donors (Lipinski definition) is 1. The topological polar surface area (TPSA) is 54.4 Å². The van der Waals surface area contributed by atoms with E-state index >= 15 is 0 Å². The molecule has 1 heterocycles. The number of rotatable bonds is 12. The maximum atomic E-state index is 10.4. The Bertz CT molecular complexity index is 898. The number of piperazine rings is 1. The van der Waals surface area contributed by atoms with Crippen LogP contribution in [0, 0.1) is 5.41 Å². The third kappa shape index (κ3) is 8.99. The fourth-order valence-electron chi connectivity index (χ4n) is 5.20. The zero-order valence-corrected chi connectivity index (χ0v) is 23.1. The lowest BCUT2D eigenvalue weighted by Crippen LogP contribution is -2.49. The average molecular weight is 499 g/mol. The Hall–Kier alpha value is -2.28. The molecule has 2 aromatic carbocycles. The fourth-order valence-corrected chi connectivity index (χ4v) is 5.20. The van der Waals surface area contributed by atoms with Crippen LogP contribution in [0.15, 0.2) is 48.5 Å². The first kappa shape index (κ1) is 28.3. The van der Waals surface area contributed by atoms with Crippen molar-refractivity contribution < 1.29 is 19.3 Å². The minimum absolute atomic E-state index is 0.123. The van der Waals surface area contributed by atoms with Crippen molar-refractivity contribution >= 4 is 5.69 Å². The van der Waals surface area contributed by atoms with Gasteiger partial charge < -0.3 is 24.2 Å². The van der Waals surface area contributed by atoms with E-state index in [1.165, 1.54) is 11.3 Å². The van der Waals surface area contributed by atoms with Crippen LogP contribution < -0.4 is 14.4 Å². The molecule has 0 saturated carbocycles. The average Bonchev–Trinajstić information content (AvgIpc) is 2.83. The number of anilines is 1. The molecule has 1 saturated heterocycles. The second-order valence-corrected chi connectivity index (χ2v) is 11.7. The predicted octanol–water partition coefficient (Wildman–Crippen LogP) is 4.99. The van der Waals surface area contributed by atoms with E-state index in [-0.39, 0.29) is 10.8 Å². The summed E-state index contributed by atoms with van der Waals surface area (Å²) in [4.78, 5) is 4.67. The Labute approximate surface area is 218 Å². The zero-order valence-electron chi connectivity index (χ0n) is 23.1. The van der Waals surface area contributed by atoms with Crippen LogP contribution in [-0.2, 0) is 10.2 Å². The molecular weight excluding hydrogens is 452 g/mol. The van der Waals surface area contributed by atoms with E-state index in [1.807, 2.05) is 24.3 Å². The molecule has 1 fully saturated rings. The summed E-state index contributed by atoms with van der Waals surface area (Å²) in [6, 6.07) is 16.6. The molecule has 2 aromatic rings. The molecule has 1 N–H and O–H groups in total. The molecule has 6 heteroatoms. The van der Waals surface area contributed by atoms with Crippen LogP contribution in [0.4, 0.5) is 5.69 Å². The summed E-state index contributed by atoms with van der Waals surface area (Å²) in [5, 5.41) is 10.4. The lowest BCUT2D eigenvalue weighted by Gasteiger charge is -2.36. The van der Waals surface area contributed by atoms with Gasteiger partial charge in [0.2, 0.25) is 0 Å². The maximum absolute atomic E-state index is 10.4. The Balaban J connectivity index is 1.29. The van der Waals surface area contributed by atoms with Crippen LogP contribution >= 0.6 is 0 Å². The van der Waals surface area contributed by atoms with Crippen molar-refractivity contribution in [3.8, 4) is 11.5 Å². The van der Waals surface area contributed by atoms with Crippen molar-refractivity contribution in [1.29, 1.82) is 0 Å². The second kappa shape index (κ2) is 12.8. The molecule has 1 aliphatic heterocycles. The van der Waals surface area contributed by atoms with Crippen LogP contribution in [0.25, 0.3) is 0 Å². The monoisotopic (exact) mass is 498 g/mol. The number of aliphatic hydroxyl groups excluding tert-OH is 1. The maximum Gasteiger partial charge on any atom is 0.119 e. The molecule has 0 radical (unpaired) electrons. The smallest absolute Gasteiger partial charge is 0.119 e. The number of hydrogen-bond acceptors (Lipinski definition) is 6. The Morgan fingerprint density at radius 1 is 0.833 bits per heavy atom. The third-order valence-corrected chi connectivity index (χ3v) is 6.69. The Morgan fingerprint density at radius 3 is 2.03 bits per heavy atom. The number of aliphatic hydroxyl groups is 1. The quantitative estimate of drug-likeness (QED) is 0.416. The van der Waals surface area contributed by atoms with Gasteiger partial charge in [-0.05, 0) is 59.2 Å². The van der Waals surface area contributed by atoms with E-state index in [1.54, 1.807) is 7.11 Å². The molecule has 1 unspecified atom stereocenters. The van der Waals surface area contributed by atoms with Gasteiger partial charge in [0, 0.05) is 38.4 Å². The highest BCUT2D eigenvalue weighted by molar-refractivity contribution is 5.49. The molecule has 0 bridgehead atoms. The van der Waals surface area contributed by atoms with Gasteiger partial charge in [0.05, 0.1) is 26.4 Å². The second-order valence-electron chi connectivity index (χ2n) is 11.7. The first-order valence-corrected chi connectivity index (χ1v) is 13.2. The van der Waals surface area contributed by atoms with E-state index in [9.17, 15) is 5.11 Å². The summed E-state index contributed by atoms with van der Waals surface area (Å²) in [7, 11) is 1.68. The van der Waals surface area contributed by atoms with Crippen LogP contribution in [0.3, 0.4) is 0 Å². The van der Waals surface area contributed by atoms with Crippen LogP contribution in [0.5, 0.6) is 11.5 Å². The van der Waals surface area contributed by atoms with E-state index in [0.717, 1.165) is 44.1 Å². The lowest BCUT2D eigenvalue weighted by molar-refractivity contribution is 0.00718. The number of nitrogens with zero attached hydrogens (tertiary/aromatic N) is 2. The molecule has 0 aromatic heterocycles. The number of β-amino-alcohol motifs (C(OH)–C–C–N with tert-alkyl or cyclic N) is 1. The van der Waals surface area contributed by atoms with Gasteiger partial charge in [0.25, 0.3) is 0 Å². The lowest BCUT2D eigenvalue weighted by atomic mass is 9.72. The minimum atomic E-state index is -0.498. The summed E-state index contributed by atoms with van der Waals surface area (Å²) >= 11 is 0. The summed E-state index contributed by atoms with van der Waals surface area (Å²) in [5.41, 5.74) is 2.95. The molecular formula is C30H46N2O4. The zero-order chi connectivity index (χ0) is 26.2. The van der Waals surface area contributed by atoms with Crippen molar-refractivity contribution in [2.45, 2.75) is 52.6 Å². The van der Waals surface area contributed by atoms with Gasteiger partial charge in [0.15, 0.2) is 0 Å². The summed E-state index contributed by atoms with van der Waals surface area (Å²) < 4.78 is 16.8. The van der Waals surface area contributed by atoms with Crippen LogP contribution in [0.1, 0.15) is 46.6 Å². The van der Waals surface area contributed by atoms with Crippen molar-refractivity contribution in [2.75, 3.05) is 64.6 Å². The molecule has 1 atom stereocenters. The molecule has 1 aliphatic rings. The molecule has 0 aliphatic carbocycles. The van der Waals surface area contributed by atoms with Gasteiger partial charge in [-0.1, -0.05) is 46.8 Å². The van der Waals surface area contributed by atoms with E-state index in [0.29, 0.717) is 26.4 Å². The van der Waals surface area contributed by atoms with Crippen LogP contribution in [-0.4, -0.2) is 75.8 Å². The molecule has 3 rings (SSSR count). The first-order chi connectivity index (χ1) is 17.1. The van der Waals surface area contributed by atoms with E-state index in [4.69, 9.17) is 14.2 Å². The van der Waals surface area contributed by atoms with E-state index < -0.39 is 6.10 Å². The molecule has 0 spiro atoms. The Morgan fingerprint density at radius 2 is 1.44 bits per heavy atom. The predicted molar refractivity (Wildman–Crippen MR) is 148 cm³/mol. The van der Waals surface area contributed by atoms with Crippen molar-refractivity contribution in [1.82, 2.24) is 4.90 Å². The van der Waals surface area contributed by atoms with Gasteiger partial charge in [-0.2, -0.15) is 0 Å². The van der Waals surface area contributed by atoms with Crippen molar-refractivity contribution in [3.63, 3.8) is 0 Å². The highest BCUT2D eigenvalue weighted by atomic mass is 16.5. The van der Waals surface area contributed by atoms with Crippen molar-refractivity contribution in [2.24, 2.45) is 5.41 Å². The molecule has 6 nitrogen and oxygen atoms in total. The normalized spacial score (nSPS) is 16.1. The van der Waals surface area contributed by atoms with Crippen LogP contribution in [0.2, 0.25) is 0 Å². The summed E-state index contributed by atoms with van der Waals surface area (Å²) in [6.07, 6.45) is 0.621. The first-order valence-electron chi connectivity index (χ1n) is 13.2. The number of benzene rings is 2. The highest BCUT2D eigenvalue weighted by Crippen LogP contribution is 2.36. The number of ether oxygens (including phenoxy) is 3. The molecule has 0 amide bonds. The van der Waals surface area contributed by atoms with Gasteiger partial charge in [-0.3, -0.25) is 4.90 Å². The summed E-state index contributed by atoms with van der Waals surface area (Å²) in [6.45, 7) is 17.1. The minimum Gasteiger partial charge on any atom is -0.497 e. The standard InChI is InChI=1S/C30H46N2O4/c1-29(2,3)23-30(4,5)24-7-11-28(12-8-24)36-20-19-35-22-26(33)21-31-15-17-32(18-16-31)25-9-13-27(34-6)14-10-25/h7-14,26,33H,15-23H2,1-6H3. The highest BCUT2D eigenvalue weighted by Gasteiger charge is 2.27. The van der Waals surface area contributed by atoms with Gasteiger partial charge >= 0.3 is 0 Å². The third-order valence-electron chi connectivity index (χ3n) is 6.69. The largest absolute Gasteiger partial charge is 0.497 e. The molecule has 36 heavy (non-hydrogen) atoms. The van der Waals surface area contributed by atoms with Gasteiger partial charge in [-0.15, -0.1) is 0 Å². The van der Waals surface area contributed by atoms with Crippen molar-refractivity contribution in [3.05, 3.63) is 54.1 Å². The molecule has 200 valence electrons. The SMILES string of the molecule is COc1ccc(N2CCN(CC(O)COCCOc3ccc(C(C)(C)CC(C)(C)C)cc3)CC2)cc1.